The number of aldehydes is 1. The molecule has 2 heteroatoms. The molecule has 60 valence electrons. The van der Waals surface area contributed by atoms with Gasteiger partial charge < -0.3 is 4.79 Å². The first-order valence-corrected chi connectivity index (χ1v) is 3.84. The zero-order valence-corrected chi connectivity index (χ0v) is 6.70. The molecule has 0 radical (unpaired) electrons. The van der Waals surface area contributed by atoms with Gasteiger partial charge in [0, 0.05) is 5.56 Å². The molecule has 0 saturated carbocycles. The van der Waals surface area contributed by atoms with Crippen LogP contribution in [0.4, 0.5) is 0 Å². The van der Waals surface area contributed by atoms with Crippen molar-refractivity contribution in [1.29, 1.82) is 0 Å². The lowest BCUT2D eigenvalue weighted by Crippen LogP contribution is -1.88. The topological polar surface area (TPSA) is 34.1 Å². The van der Waals surface area contributed by atoms with E-state index in [2.05, 4.69) is 0 Å². The number of hydrogen-bond donors (Lipinski definition) is 0. The van der Waals surface area contributed by atoms with Crippen LogP contribution in [0.15, 0.2) is 18.2 Å². The van der Waals surface area contributed by atoms with E-state index < -0.39 is 0 Å². The smallest absolute Gasteiger partial charge is 0.159 e. The molecule has 0 aliphatic heterocycles. The van der Waals surface area contributed by atoms with Crippen LogP contribution in [0, 0.1) is 0 Å². The molecule has 1 aliphatic rings. The standard InChI is InChI=1S/C10H8O2/c1-6(12)7-2-3-8-9(4-7)10(8)5-11/h2-5,10H,1H3/t10-/m0/s1. The maximum Gasteiger partial charge on any atom is 0.159 e. The fraction of sp³-hybridized carbons (Fsp3) is 0.200. The fourth-order valence-electron chi connectivity index (χ4n) is 1.41. The van der Waals surface area contributed by atoms with Gasteiger partial charge in [0.1, 0.15) is 6.29 Å². The molecule has 0 N–H and O–H groups in total. The highest BCUT2D eigenvalue weighted by atomic mass is 16.1. The van der Waals surface area contributed by atoms with Gasteiger partial charge in [-0.1, -0.05) is 12.1 Å². The summed E-state index contributed by atoms with van der Waals surface area (Å²) in [6.45, 7) is 1.53. The Morgan fingerprint density at radius 3 is 2.75 bits per heavy atom. The van der Waals surface area contributed by atoms with Crippen LogP contribution in [0.5, 0.6) is 0 Å². The molecule has 0 amide bonds. The average Bonchev–Trinajstić information content (AvgIpc) is 2.75. The van der Waals surface area contributed by atoms with E-state index in [1.807, 2.05) is 6.07 Å². The average molecular weight is 160 g/mol. The number of ketones is 1. The maximum atomic E-state index is 10.9. The summed E-state index contributed by atoms with van der Waals surface area (Å²) in [6, 6.07) is 5.42. The number of fused-ring (bicyclic) bond motifs is 1. The van der Waals surface area contributed by atoms with Gasteiger partial charge in [-0.05, 0) is 24.1 Å². The zero-order chi connectivity index (χ0) is 8.72. The second kappa shape index (κ2) is 2.27. The second-order valence-electron chi connectivity index (χ2n) is 3.01. The highest BCUT2D eigenvalue weighted by Crippen LogP contribution is 2.41. The van der Waals surface area contributed by atoms with E-state index in [-0.39, 0.29) is 11.7 Å². The first kappa shape index (κ1) is 7.22. The summed E-state index contributed by atoms with van der Waals surface area (Å²) in [6.07, 6.45) is 0.911. The third-order valence-corrected chi connectivity index (χ3v) is 2.22. The molecular formula is C10H8O2. The third-order valence-electron chi connectivity index (χ3n) is 2.22. The lowest BCUT2D eigenvalue weighted by molar-refractivity contribution is -0.107. The van der Waals surface area contributed by atoms with Crippen molar-refractivity contribution in [2.75, 3.05) is 0 Å². The van der Waals surface area contributed by atoms with Crippen molar-refractivity contribution in [2.24, 2.45) is 0 Å². The van der Waals surface area contributed by atoms with Crippen LogP contribution >= 0.6 is 0 Å². The van der Waals surface area contributed by atoms with Gasteiger partial charge in [0.2, 0.25) is 0 Å². The van der Waals surface area contributed by atoms with E-state index in [1.54, 1.807) is 12.1 Å². The summed E-state index contributed by atoms with van der Waals surface area (Å²) >= 11 is 0. The highest BCUT2D eigenvalue weighted by molar-refractivity contribution is 5.96. The lowest BCUT2D eigenvalue weighted by atomic mass is 10.2. The molecule has 0 heterocycles. The first-order chi connectivity index (χ1) is 5.74. The molecule has 0 unspecified atom stereocenters. The molecule has 12 heavy (non-hydrogen) atoms. The molecule has 2 rings (SSSR count). The van der Waals surface area contributed by atoms with Crippen LogP contribution < -0.4 is 0 Å². The Kier molecular flexibility index (Phi) is 1.37. The van der Waals surface area contributed by atoms with Crippen molar-refractivity contribution < 1.29 is 9.59 Å². The van der Waals surface area contributed by atoms with E-state index in [1.165, 1.54) is 6.92 Å². The Labute approximate surface area is 70.2 Å². The van der Waals surface area contributed by atoms with Crippen LogP contribution in [-0.4, -0.2) is 12.1 Å². The summed E-state index contributed by atoms with van der Waals surface area (Å²) in [5, 5.41) is 0. The number of benzene rings is 1. The molecule has 1 aliphatic carbocycles. The maximum absolute atomic E-state index is 10.9. The minimum Gasteiger partial charge on any atom is -0.302 e. The van der Waals surface area contributed by atoms with Crippen molar-refractivity contribution in [2.45, 2.75) is 12.8 Å². The normalized spacial score (nSPS) is 18.2. The minimum atomic E-state index is -0.0295. The van der Waals surface area contributed by atoms with E-state index in [4.69, 9.17) is 0 Å². The van der Waals surface area contributed by atoms with E-state index in [0.29, 0.717) is 5.56 Å². The Bertz CT molecular complexity index is 366. The molecule has 0 fully saturated rings. The second-order valence-corrected chi connectivity index (χ2v) is 3.01. The van der Waals surface area contributed by atoms with Crippen LogP contribution in [-0.2, 0) is 4.79 Å². The van der Waals surface area contributed by atoms with E-state index in [9.17, 15) is 9.59 Å². The van der Waals surface area contributed by atoms with Gasteiger partial charge in [-0.2, -0.15) is 0 Å². The minimum absolute atomic E-state index is 0.0295. The van der Waals surface area contributed by atoms with Gasteiger partial charge in [-0.25, -0.2) is 0 Å². The van der Waals surface area contributed by atoms with Crippen molar-refractivity contribution in [1.82, 2.24) is 0 Å². The van der Waals surface area contributed by atoms with Crippen molar-refractivity contribution in [3.63, 3.8) is 0 Å². The van der Waals surface area contributed by atoms with Gasteiger partial charge in [0.25, 0.3) is 0 Å². The monoisotopic (exact) mass is 160 g/mol. The Balaban J connectivity index is 2.39. The lowest BCUT2D eigenvalue weighted by Gasteiger charge is -1.89. The van der Waals surface area contributed by atoms with Crippen molar-refractivity contribution in [3.05, 3.63) is 34.9 Å². The van der Waals surface area contributed by atoms with Crippen molar-refractivity contribution in [3.8, 4) is 0 Å². The highest BCUT2D eigenvalue weighted by Gasteiger charge is 2.32. The SMILES string of the molecule is CC(=O)c1ccc2c(c1)[C@H]2C=O. The van der Waals surface area contributed by atoms with Gasteiger partial charge in [-0.3, -0.25) is 4.79 Å². The van der Waals surface area contributed by atoms with Gasteiger partial charge in [0.15, 0.2) is 5.78 Å². The van der Waals surface area contributed by atoms with Gasteiger partial charge in [-0.15, -0.1) is 0 Å². The molecule has 2 nitrogen and oxygen atoms in total. The van der Waals surface area contributed by atoms with Gasteiger partial charge in [0.05, 0.1) is 5.92 Å². The molecular weight excluding hydrogens is 152 g/mol. The fourth-order valence-corrected chi connectivity index (χ4v) is 1.41. The van der Waals surface area contributed by atoms with Crippen LogP contribution in [0.2, 0.25) is 0 Å². The summed E-state index contributed by atoms with van der Waals surface area (Å²) in [4.78, 5) is 21.3. The zero-order valence-electron chi connectivity index (χ0n) is 6.70. The Hall–Kier alpha value is -1.44. The quantitative estimate of drug-likeness (QED) is 0.485. The summed E-state index contributed by atoms with van der Waals surface area (Å²) < 4.78 is 0. The van der Waals surface area contributed by atoms with Gasteiger partial charge >= 0.3 is 0 Å². The predicted octanol–water partition coefficient (Wildman–Crippen LogP) is 1.53. The summed E-state index contributed by atoms with van der Waals surface area (Å²) in [7, 11) is 0. The molecule has 1 atom stereocenters. The number of carbonyl (C=O) groups is 2. The number of hydrogen-bond acceptors (Lipinski definition) is 2. The number of carbonyl (C=O) groups excluding carboxylic acids is 2. The predicted molar refractivity (Wildman–Crippen MR) is 44.4 cm³/mol. The van der Waals surface area contributed by atoms with Crippen LogP contribution in [0.3, 0.4) is 0 Å². The molecule has 0 spiro atoms. The number of Topliss-reactive ketones (excluding diaryl/α,β-unsaturated/α-hetero) is 1. The molecule has 1 aromatic rings. The molecule has 1 aromatic carbocycles. The van der Waals surface area contributed by atoms with Crippen molar-refractivity contribution >= 4 is 12.1 Å². The molecule has 0 bridgehead atoms. The summed E-state index contributed by atoms with van der Waals surface area (Å²) in [5.74, 6) is 0.0208. The molecule has 0 saturated heterocycles. The van der Waals surface area contributed by atoms with E-state index in [0.717, 1.165) is 17.4 Å². The first-order valence-electron chi connectivity index (χ1n) is 3.84. The Morgan fingerprint density at radius 2 is 2.17 bits per heavy atom. The van der Waals surface area contributed by atoms with Crippen LogP contribution in [0.1, 0.15) is 34.3 Å². The summed E-state index contributed by atoms with van der Waals surface area (Å²) in [5.41, 5.74) is 2.77. The number of rotatable bonds is 2. The Morgan fingerprint density at radius 1 is 1.42 bits per heavy atom. The largest absolute Gasteiger partial charge is 0.302 e. The molecule has 0 aromatic heterocycles. The van der Waals surface area contributed by atoms with E-state index >= 15 is 0 Å². The van der Waals surface area contributed by atoms with Crippen LogP contribution in [0.25, 0.3) is 0 Å². The third kappa shape index (κ3) is 0.881.